The van der Waals surface area contributed by atoms with Crippen LogP contribution < -0.4 is 0 Å². The number of hydrogen-bond donors (Lipinski definition) is 0. The highest BCUT2D eigenvalue weighted by Gasteiger charge is 2.20. The standard InChI is InChI=1S/C15H16S2/c1-9-11-7-10-5-6-16-12(10)8-13(11)17-14(9)15(2,3)4/h5-8H,1-4H3. The van der Waals surface area contributed by atoms with Gasteiger partial charge in [-0.05, 0) is 52.3 Å². The van der Waals surface area contributed by atoms with Crippen molar-refractivity contribution in [2.75, 3.05) is 0 Å². The second kappa shape index (κ2) is 3.56. The molecule has 0 aliphatic carbocycles. The van der Waals surface area contributed by atoms with E-state index >= 15 is 0 Å². The van der Waals surface area contributed by atoms with E-state index in [1.807, 2.05) is 22.7 Å². The number of rotatable bonds is 0. The Kier molecular flexibility index (Phi) is 2.36. The Bertz CT molecular complexity index is 693. The summed E-state index contributed by atoms with van der Waals surface area (Å²) in [6.45, 7) is 9.16. The van der Waals surface area contributed by atoms with Gasteiger partial charge < -0.3 is 0 Å². The molecule has 0 N–H and O–H groups in total. The van der Waals surface area contributed by atoms with Gasteiger partial charge in [0.15, 0.2) is 0 Å². The van der Waals surface area contributed by atoms with Gasteiger partial charge in [0.25, 0.3) is 0 Å². The molecule has 17 heavy (non-hydrogen) atoms. The van der Waals surface area contributed by atoms with Crippen LogP contribution in [-0.4, -0.2) is 0 Å². The summed E-state index contributed by atoms with van der Waals surface area (Å²) in [4.78, 5) is 1.52. The smallest absolute Gasteiger partial charge is 0.0363 e. The minimum absolute atomic E-state index is 0.251. The van der Waals surface area contributed by atoms with Crippen LogP contribution in [0, 0.1) is 6.92 Å². The molecule has 0 saturated carbocycles. The summed E-state index contributed by atoms with van der Waals surface area (Å²) in [6, 6.07) is 6.91. The SMILES string of the molecule is Cc1c(C(C)(C)C)sc2cc3sccc3cc12. The molecular weight excluding hydrogens is 244 g/mol. The Morgan fingerprint density at radius 1 is 1.06 bits per heavy atom. The molecule has 0 spiro atoms. The zero-order valence-corrected chi connectivity index (χ0v) is 12.3. The predicted octanol–water partition coefficient (Wildman–Crippen LogP) is 5.72. The summed E-state index contributed by atoms with van der Waals surface area (Å²) in [5.41, 5.74) is 1.71. The zero-order valence-electron chi connectivity index (χ0n) is 10.6. The Labute approximate surface area is 110 Å². The molecule has 0 nitrogen and oxygen atoms in total. The van der Waals surface area contributed by atoms with Crippen LogP contribution in [-0.2, 0) is 5.41 Å². The lowest BCUT2D eigenvalue weighted by molar-refractivity contribution is 0.601. The first kappa shape index (κ1) is 11.2. The van der Waals surface area contributed by atoms with Crippen LogP contribution in [0.4, 0.5) is 0 Å². The lowest BCUT2D eigenvalue weighted by Crippen LogP contribution is -2.09. The molecule has 3 aromatic rings. The topological polar surface area (TPSA) is 0 Å². The van der Waals surface area contributed by atoms with Crippen molar-refractivity contribution in [3.8, 4) is 0 Å². The Morgan fingerprint density at radius 3 is 2.53 bits per heavy atom. The van der Waals surface area contributed by atoms with E-state index < -0.39 is 0 Å². The van der Waals surface area contributed by atoms with E-state index in [4.69, 9.17) is 0 Å². The zero-order chi connectivity index (χ0) is 12.2. The summed E-state index contributed by atoms with van der Waals surface area (Å²) >= 11 is 3.79. The van der Waals surface area contributed by atoms with Crippen LogP contribution in [0.25, 0.3) is 20.2 Å². The van der Waals surface area contributed by atoms with E-state index in [2.05, 4.69) is 51.3 Å². The van der Waals surface area contributed by atoms with Crippen molar-refractivity contribution in [2.24, 2.45) is 0 Å². The maximum Gasteiger partial charge on any atom is 0.0363 e. The van der Waals surface area contributed by atoms with Crippen LogP contribution in [0.3, 0.4) is 0 Å². The Balaban J connectivity index is 2.39. The van der Waals surface area contributed by atoms with Gasteiger partial charge >= 0.3 is 0 Å². The van der Waals surface area contributed by atoms with Gasteiger partial charge in [0, 0.05) is 14.3 Å². The predicted molar refractivity (Wildman–Crippen MR) is 80.6 cm³/mol. The van der Waals surface area contributed by atoms with Crippen LogP contribution in [0.2, 0.25) is 0 Å². The summed E-state index contributed by atoms with van der Waals surface area (Å²) in [6.07, 6.45) is 0. The molecule has 0 atom stereocenters. The first-order chi connectivity index (χ1) is 7.97. The van der Waals surface area contributed by atoms with Gasteiger partial charge in [0.2, 0.25) is 0 Å². The quantitative estimate of drug-likeness (QED) is 0.485. The minimum Gasteiger partial charge on any atom is -0.144 e. The molecule has 1 aromatic carbocycles. The molecule has 0 aliphatic heterocycles. The molecule has 3 rings (SSSR count). The van der Waals surface area contributed by atoms with Gasteiger partial charge in [0.1, 0.15) is 0 Å². The molecule has 0 radical (unpaired) electrons. The minimum atomic E-state index is 0.251. The fourth-order valence-corrected chi connectivity index (χ4v) is 4.57. The first-order valence-corrected chi connectivity index (χ1v) is 7.57. The second-order valence-corrected chi connectivity index (χ2v) is 7.61. The lowest BCUT2D eigenvalue weighted by atomic mass is 9.91. The summed E-state index contributed by atoms with van der Waals surface area (Å²) < 4.78 is 2.83. The number of benzene rings is 1. The van der Waals surface area contributed by atoms with E-state index in [0.717, 1.165) is 0 Å². The number of aryl methyl sites for hydroxylation is 1. The van der Waals surface area contributed by atoms with Gasteiger partial charge in [-0.3, -0.25) is 0 Å². The lowest BCUT2D eigenvalue weighted by Gasteiger charge is -2.17. The summed E-state index contributed by atoms with van der Waals surface area (Å²) in [5.74, 6) is 0. The maximum atomic E-state index is 2.35. The number of thiophene rings is 2. The molecule has 2 heterocycles. The van der Waals surface area contributed by atoms with Crippen molar-refractivity contribution in [1.82, 2.24) is 0 Å². The highest BCUT2D eigenvalue weighted by molar-refractivity contribution is 7.20. The maximum absolute atomic E-state index is 2.35. The molecule has 0 amide bonds. The van der Waals surface area contributed by atoms with Gasteiger partial charge in [-0.25, -0.2) is 0 Å². The molecule has 0 unspecified atom stereocenters. The normalized spacial score (nSPS) is 12.7. The van der Waals surface area contributed by atoms with Crippen LogP contribution >= 0.6 is 22.7 Å². The van der Waals surface area contributed by atoms with Crippen molar-refractivity contribution in [1.29, 1.82) is 0 Å². The second-order valence-electron chi connectivity index (χ2n) is 5.61. The van der Waals surface area contributed by atoms with Crippen molar-refractivity contribution in [3.05, 3.63) is 34.0 Å². The third-order valence-corrected chi connectivity index (χ3v) is 5.75. The van der Waals surface area contributed by atoms with Gasteiger partial charge in [0.05, 0.1) is 0 Å². The monoisotopic (exact) mass is 260 g/mol. The van der Waals surface area contributed by atoms with Crippen molar-refractivity contribution in [2.45, 2.75) is 33.1 Å². The van der Waals surface area contributed by atoms with E-state index in [1.165, 1.54) is 30.6 Å². The Hall–Kier alpha value is -0.860. The molecule has 0 aliphatic rings. The molecule has 2 heteroatoms. The average molecular weight is 260 g/mol. The van der Waals surface area contributed by atoms with Crippen LogP contribution in [0.1, 0.15) is 31.2 Å². The number of fused-ring (bicyclic) bond motifs is 2. The Morgan fingerprint density at radius 2 is 1.82 bits per heavy atom. The number of hydrogen-bond acceptors (Lipinski definition) is 2. The molecule has 2 aromatic heterocycles. The van der Waals surface area contributed by atoms with Crippen molar-refractivity contribution >= 4 is 42.8 Å². The molecule has 0 fully saturated rings. The molecule has 0 saturated heterocycles. The van der Waals surface area contributed by atoms with E-state index in [1.54, 1.807) is 0 Å². The third-order valence-electron chi connectivity index (χ3n) is 3.19. The fourth-order valence-electron chi connectivity index (χ4n) is 2.39. The van der Waals surface area contributed by atoms with Crippen LogP contribution in [0.15, 0.2) is 23.6 Å². The van der Waals surface area contributed by atoms with Crippen LogP contribution in [0.5, 0.6) is 0 Å². The summed E-state index contributed by atoms with van der Waals surface area (Å²) in [7, 11) is 0. The van der Waals surface area contributed by atoms with E-state index in [0.29, 0.717) is 0 Å². The largest absolute Gasteiger partial charge is 0.144 e. The van der Waals surface area contributed by atoms with Crippen molar-refractivity contribution in [3.63, 3.8) is 0 Å². The molecule has 0 bridgehead atoms. The average Bonchev–Trinajstić information content (AvgIpc) is 2.79. The van der Waals surface area contributed by atoms with Gasteiger partial charge in [-0.1, -0.05) is 20.8 Å². The van der Waals surface area contributed by atoms with Crippen molar-refractivity contribution < 1.29 is 0 Å². The molecule has 88 valence electrons. The highest BCUT2D eigenvalue weighted by atomic mass is 32.1. The fraction of sp³-hybridized carbons (Fsp3) is 0.333. The van der Waals surface area contributed by atoms with E-state index in [9.17, 15) is 0 Å². The highest BCUT2D eigenvalue weighted by Crippen LogP contribution is 2.40. The van der Waals surface area contributed by atoms with E-state index in [-0.39, 0.29) is 5.41 Å². The van der Waals surface area contributed by atoms with Gasteiger partial charge in [-0.15, -0.1) is 22.7 Å². The first-order valence-electron chi connectivity index (χ1n) is 5.87. The van der Waals surface area contributed by atoms with Gasteiger partial charge in [-0.2, -0.15) is 0 Å². The third kappa shape index (κ3) is 1.71. The molecular formula is C15H16S2. The summed E-state index contributed by atoms with van der Waals surface area (Å²) in [5, 5.41) is 4.99.